The highest BCUT2D eigenvalue weighted by atomic mass is 16.5. The van der Waals surface area contributed by atoms with Gasteiger partial charge in [-0.1, -0.05) is 6.07 Å². The monoisotopic (exact) mass is 311 g/mol. The quantitative estimate of drug-likeness (QED) is 0.919. The van der Waals surface area contributed by atoms with Crippen molar-refractivity contribution in [2.24, 2.45) is 5.92 Å². The van der Waals surface area contributed by atoms with Gasteiger partial charge in [-0.05, 0) is 43.4 Å². The van der Waals surface area contributed by atoms with Crippen LogP contribution >= 0.6 is 0 Å². The van der Waals surface area contributed by atoms with Gasteiger partial charge in [-0.15, -0.1) is 0 Å². The van der Waals surface area contributed by atoms with Crippen LogP contribution in [0.25, 0.3) is 0 Å². The molecule has 1 N–H and O–H groups in total. The Morgan fingerprint density at radius 3 is 3.00 bits per heavy atom. The minimum atomic E-state index is -0.0911. The van der Waals surface area contributed by atoms with Crippen molar-refractivity contribution < 1.29 is 9.53 Å². The Morgan fingerprint density at radius 1 is 1.35 bits per heavy atom. The predicted molar refractivity (Wildman–Crippen MR) is 84.9 cm³/mol. The first-order valence-corrected chi connectivity index (χ1v) is 8.39. The molecule has 0 radical (unpaired) electrons. The Bertz CT molecular complexity index is 650. The van der Waals surface area contributed by atoms with E-state index in [1.807, 2.05) is 0 Å². The van der Waals surface area contributed by atoms with Crippen LogP contribution in [0.1, 0.15) is 35.2 Å². The molecule has 1 amide bonds. The van der Waals surface area contributed by atoms with Gasteiger partial charge in [0.1, 0.15) is 0 Å². The second-order valence-electron chi connectivity index (χ2n) is 6.92. The Labute approximate surface area is 136 Å². The molecule has 0 bridgehead atoms. The van der Waals surface area contributed by atoms with Crippen molar-refractivity contribution in [3.8, 4) is 6.07 Å². The van der Waals surface area contributed by atoms with E-state index in [1.54, 1.807) is 24.3 Å². The molecule has 23 heavy (non-hydrogen) atoms. The fraction of sp³-hybridized carbons (Fsp3) is 0.556. The van der Waals surface area contributed by atoms with Crippen molar-refractivity contribution >= 4 is 5.91 Å². The number of amides is 1. The first-order chi connectivity index (χ1) is 11.2. The zero-order chi connectivity index (χ0) is 15.8. The van der Waals surface area contributed by atoms with E-state index in [2.05, 4.69) is 16.3 Å². The molecule has 1 aliphatic carbocycles. The standard InChI is InChI=1S/C18H21N3O2/c19-8-12-2-1-3-14(6-12)18(22)20-15-7-16-11-23-17(13-4-5-13)10-21(16)9-15/h1-3,6,13,15-17H,4-5,7,9-11H2,(H,20,22)/t15-,16-,17+/m0/s1. The summed E-state index contributed by atoms with van der Waals surface area (Å²) in [6.07, 6.45) is 3.95. The lowest BCUT2D eigenvalue weighted by Gasteiger charge is -2.35. The summed E-state index contributed by atoms with van der Waals surface area (Å²) in [5, 5.41) is 12.1. The van der Waals surface area contributed by atoms with Crippen LogP contribution in [0.2, 0.25) is 0 Å². The van der Waals surface area contributed by atoms with Crippen LogP contribution in [-0.4, -0.2) is 48.7 Å². The Morgan fingerprint density at radius 2 is 2.22 bits per heavy atom. The molecule has 0 unspecified atom stereocenters. The molecule has 1 aromatic rings. The Kier molecular flexibility index (Phi) is 3.80. The molecule has 1 aromatic carbocycles. The van der Waals surface area contributed by atoms with Crippen molar-refractivity contribution in [3.05, 3.63) is 35.4 Å². The lowest BCUT2D eigenvalue weighted by molar-refractivity contribution is -0.0581. The van der Waals surface area contributed by atoms with Crippen LogP contribution in [-0.2, 0) is 4.74 Å². The summed E-state index contributed by atoms with van der Waals surface area (Å²) >= 11 is 0. The molecule has 2 aliphatic heterocycles. The maximum Gasteiger partial charge on any atom is 0.251 e. The summed E-state index contributed by atoms with van der Waals surface area (Å²) in [5.74, 6) is 0.671. The number of morpholine rings is 1. The first-order valence-electron chi connectivity index (χ1n) is 8.39. The molecular formula is C18H21N3O2. The molecular weight excluding hydrogens is 290 g/mol. The van der Waals surface area contributed by atoms with E-state index in [9.17, 15) is 4.79 Å². The number of nitrogens with one attached hydrogen (secondary N) is 1. The maximum absolute atomic E-state index is 12.4. The third kappa shape index (κ3) is 3.10. The highest BCUT2D eigenvalue weighted by molar-refractivity contribution is 5.94. The van der Waals surface area contributed by atoms with Crippen molar-refractivity contribution in [1.82, 2.24) is 10.2 Å². The minimum Gasteiger partial charge on any atom is -0.375 e. The number of hydrogen-bond donors (Lipinski definition) is 1. The number of nitriles is 1. The number of benzene rings is 1. The molecule has 3 fully saturated rings. The average molecular weight is 311 g/mol. The third-order valence-corrected chi connectivity index (χ3v) is 5.18. The minimum absolute atomic E-state index is 0.0911. The van der Waals surface area contributed by atoms with Crippen LogP contribution in [0.5, 0.6) is 0 Å². The SMILES string of the molecule is N#Cc1cccc(C(=O)N[C@H]2C[C@H]3CO[C@@H](C4CC4)CN3C2)c1. The number of carbonyl (C=O) groups excluding carboxylic acids is 1. The van der Waals surface area contributed by atoms with E-state index in [4.69, 9.17) is 10.00 Å². The molecule has 3 aliphatic rings. The maximum atomic E-state index is 12.4. The highest BCUT2D eigenvalue weighted by Crippen LogP contribution is 2.37. The zero-order valence-corrected chi connectivity index (χ0v) is 13.1. The van der Waals surface area contributed by atoms with Gasteiger partial charge in [0.15, 0.2) is 0 Å². The van der Waals surface area contributed by atoms with Gasteiger partial charge in [0.05, 0.1) is 24.3 Å². The number of rotatable bonds is 3. The molecule has 2 saturated heterocycles. The van der Waals surface area contributed by atoms with E-state index < -0.39 is 0 Å². The number of hydrogen-bond acceptors (Lipinski definition) is 4. The Hall–Kier alpha value is -1.90. The van der Waals surface area contributed by atoms with Crippen LogP contribution in [0.4, 0.5) is 0 Å². The molecule has 1 saturated carbocycles. The van der Waals surface area contributed by atoms with E-state index in [0.29, 0.717) is 23.3 Å². The largest absolute Gasteiger partial charge is 0.375 e. The number of fused-ring (bicyclic) bond motifs is 1. The Balaban J connectivity index is 1.36. The number of ether oxygens (including phenoxy) is 1. The van der Waals surface area contributed by atoms with Crippen LogP contribution < -0.4 is 5.32 Å². The molecule has 4 rings (SSSR count). The smallest absolute Gasteiger partial charge is 0.251 e. The molecule has 120 valence electrons. The first kappa shape index (κ1) is 14.7. The topological polar surface area (TPSA) is 65.4 Å². The van der Waals surface area contributed by atoms with Crippen molar-refractivity contribution in [1.29, 1.82) is 5.26 Å². The molecule has 5 heteroatoms. The number of carbonyl (C=O) groups is 1. The van der Waals surface area contributed by atoms with E-state index in [1.165, 1.54) is 12.8 Å². The van der Waals surface area contributed by atoms with Crippen molar-refractivity contribution in [2.75, 3.05) is 19.7 Å². The van der Waals surface area contributed by atoms with E-state index >= 15 is 0 Å². The van der Waals surface area contributed by atoms with Crippen molar-refractivity contribution in [2.45, 2.75) is 37.5 Å². The highest BCUT2D eigenvalue weighted by Gasteiger charge is 2.42. The fourth-order valence-electron chi connectivity index (χ4n) is 3.76. The summed E-state index contributed by atoms with van der Waals surface area (Å²) < 4.78 is 5.99. The summed E-state index contributed by atoms with van der Waals surface area (Å²) in [6, 6.07) is 9.53. The van der Waals surface area contributed by atoms with Crippen LogP contribution in [0, 0.1) is 17.2 Å². The predicted octanol–water partition coefficient (Wildman–Crippen LogP) is 1.54. The number of nitrogens with zero attached hydrogens (tertiary/aromatic N) is 2. The summed E-state index contributed by atoms with van der Waals surface area (Å²) in [6.45, 7) is 2.70. The lowest BCUT2D eigenvalue weighted by atomic mass is 10.1. The van der Waals surface area contributed by atoms with Gasteiger partial charge in [-0.25, -0.2) is 0 Å². The molecule has 0 spiro atoms. The van der Waals surface area contributed by atoms with Gasteiger partial charge in [-0.3, -0.25) is 9.69 Å². The summed E-state index contributed by atoms with van der Waals surface area (Å²) in [7, 11) is 0. The van der Waals surface area contributed by atoms with Crippen molar-refractivity contribution in [3.63, 3.8) is 0 Å². The second kappa shape index (κ2) is 5.95. The van der Waals surface area contributed by atoms with Gasteiger partial charge in [-0.2, -0.15) is 5.26 Å². The second-order valence-corrected chi connectivity index (χ2v) is 6.92. The summed E-state index contributed by atoms with van der Waals surface area (Å²) in [5.41, 5.74) is 1.07. The van der Waals surface area contributed by atoms with E-state index in [-0.39, 0.29) is 11.9 Å². The third-order valence-electron chi connectivity index (χ3n) is 5.18. The molecule has 2 heterocycles. The normalized spacial score (nSPS) is 30.5. The zero-order valence-electron chi connectivity index (χ0n) is 13.1. The molecule has 0 aromatic heterocycles. The van der Waals surface area contributed by atoms with E-state index in [0.717, 1.165) is 32.0 Å². The van der Waals surface area contributed by atoms with Crippen LogP contribution in [0.15, 0.2) is 24.3 Å². The summed E-state index contributed by atoms with van der Waals surface area (Å²) in [4.78, 5) is 14.9. The molecule has 5 nitrogen and oxygen atoms in total. The average Bonchev–Trinajstić information content (AvgIpc) is 3.35. The van der Waals surface area contributed by atoms with Gasteiger partial charge >= 0.3 is 0 Å². The fourth-order valence-corrected chi connectivity index (χ4v) is 3.76. The van der Waals surface area contributed by atoms with Gasteiger partial charge in [0.25, 0.3) is 5.91 Å². The van der Waals surface area contributed by atoms with Gasteiger partial charge < -0.3 is 10.1 Å². The van der Waals surface area contributed by atoms with Gasteiger partial charge in [0, 0.05) is 30.7 Å². The molecule has 3 atom stereocenters. The van der Waals surface area contributed by atoms with Gasteiger partial charge in [0.2, 0.25) is 0 Å². The van der Waals surface area contributed by atoms with Crippen LogP contribution in [0.3, 0.4) is 0 Å². The lowest BCUT2D eigenvalue weighted by Crippen LogP contribution is -2.47.